The van der Waals surface area contributed by atoms with Gasteiger partial charge in [-0.15, -0.1) is 0 Å². The van der Waals surface area contributed by atoms with E-state index in [0.717, 1.165) is 50.2 Å². The van der Waals surface area contributed by atoms with E-state index in [4.69, 9.17) is 14.7 Å². The van der Waals surface area contributed by atoms with E-state index in [-0.39, 0.29) is 11.7 Å². The Labute approximate surface area is 200 Å². The number of likely N-dealkylation sites (tertiary alicyclic amines) is 1. The molecule has 3 fully saturated rings. The van der Waals surface area contributed by atoms with Gasteiger partial charge in [0.05, 0.1) is 4.47 Å². The van der Waals surface area contributed by atoms with E-state index >= 15 is 0 Å². The highest BCUT2D eigenvalue weighted by atomic mass is 79.9. The molecule has 3 heterocycles. The number of aromatic nitrogens is 2. The first-order chi connectivity index (χ1) is 15.7. The molecule has 9 heteroatoms. The van der Waals surface area contributed by atoms with Gasteiger partial charge in [-0.05, 0) is 73.4 Å². The van der Waals surface area contributed by atoms with Gasteiger partial charge in [0.2, 0.25) is 0 Å². The number of halogens is 4. The number of rotatable bonds is 5. The first-order valence-corrected chi connectivity index (χ1v) is 12.3. The fourth-order valence-electron chi connectivity index (χ4n) is 5.27. The molecule has 5 rings (SSSR count). The smallest absolute Gasteiger partial charge is 0.422 e. The zero-order valence-electron chi connectivity index (χ0n) is 18.7. The van der Waals surface area contributed by atoms with E-state index in [1.54, 1.807) is 6.08 Å². The van der Waals surface area contributed by atoms with Crippen molar-refractivity contribution in [2.45, 2.75) is 44.2 Å². The van der Waals surface area contributed by atoms with Crippen LogP contribution in [0, 0.1) is 5.41 Å². The SMILES string of the molecule is C=Cc1cc2c(N3CC4(CCC4)C3)nc(C3CCN(C)CC3)nc2c(OCC(F)(F)F)c1Br. The van der Waals surface area contributed by atoms with E-state index < -0.39 is 12.8 Å². The van der Waals surface area contributed by atoms with Crippen molar-refractivity contribution in [3.63, 3.8) is 0 Å². The van der Waals surface area contributed by atoms with Gasteiger partial charge in [-0.2, -0.15) is 13.2 Å². The van der Waals surface area contributed by atoms with Crippen LogP contribution in [0.25, 0.3) is 17.0 Å². The van der Waals surface area contributed by atoms with Crippen LogP contribution < -0.4 is 9.64 Å². The Morgan fingerprint density at radius 3 is 2.52 bits per heavy atom. The number of nitrogens with zero attached hydrogens (tertiary/aromatic N) is 4. The van der Waals surface area contributed by atoms with E-state index in [9.17, 15) is 13.2 Å². The Morgan fingerprint density at radius 2 is 1.94 bits per heavy atom. The molecular weight excluding hydrogens is 497 g/mol. The molecule has 0 bridgehead atoms. The molecule has 1 aromatic heterocycles. The number of benzene rings is 1. The molecule has 0 radical (unpaired) electrons. The summed E-state index contributed by atoms with van der Waals surface area (Å²) in [6, 6.07) is 1.91. The van der Waals surface area contributed by atoms with Crippen molar-refractivity contribution in [3.05, 3.63) is 28.5 Å². The van der Waals surface area contributed by atoms with Gasteiger partial charge in [-0.1, -0.05) is 19.1 Å². The lowest BCUT2D eigenvalue weighted by molar-refractivity contribution is -0.153. The highest BCUT2D eigenvalue weighted by molar-refractivity contribution is 9.10. The van der Waals surface area contributed by atoms with Crippen molar-refractivity contribution < 1.29 is 17.9 Å². The predicted octanol–water partition coefficient (Wildman–Crippen LogP) is 5.78. The first-order valence-electron chi connectivity index (χ1n) is 11.5. The minimum Gasteiger partial charge on any atom is -0.481 e. The van der Waals surface area contributed by atoms with E-state index in [1.807, 2.05) is 6.07 Å². The molecule has 33 heavy (non-hydrogen) atoms. The molecule has 0 unspecified atom stereocenters. The van der Waals surface area contributed by atoms with Crippen molar-refractivity contribution in [2.24, 2.45) is 5.41 Å². The molecule has 2 aliphatic heterocycles. The molecule has 5 nitrogen and oxygen atoms in total. The molecule has 1 aromatic carbocycles. The number of ether oxygens (including phenoxy) is 1. The lowest BCUT2D eigenvalue weighted by Crippen LogP contribution is -2.60. The van der Waals surface area contributed by atoms with Crippen LogP contribution in [0.4, 0.5) is 19.0 Å². The van der Waals surface area contributed by atoms with Gasteiger partial charge in [-0.25, -0.2) is 9.97 Å². The zero-order valence-corrected chi connectivity index (χ0v) is 20.3. The number of fused-ring (bicyclic) bond motifs is 1. The summed E-state index contributed by atoms with van der Waals surface area (Å²) in [7, 11) is 2.10. The van der Waals surface area contributed by atoms with E-state index in [0.29, 0.717) is 26.8 Å². The molecule has 0 N–H and O–H groups in total. The summed E-state index contributed by atoms with van der Waals surface area (Å²) >= 11 is 3.45. The summed E-state index contributed by atoms with van der Waals surface area (Å²) in [6.07, 6.45) is 2.75. The minimum atomic E-state index is -4.45. The van der Waals surface area contributed by atoms with Crippen LogP contribution in [0.3, 0.4) is 0 Å². The average molecular weight is 525 g/mol. The second-order valence-electron chi connectivity index (χ2n) is 9.81. The Hall–Kier alpha value is -1.87. The number of alkyl halides is 3. The lowest BCUT2D eigenvalue weighted by atomic mass is 9.63. The topological polar surface area (TPSA) is 41.5 Å². The van der Waals surface area contributed by atoms with Crippen LogP contribution in [0.1, 0.15) is 49.4 Å². The largest absolute Gasteiger partial charge is 0.481 e. The third-order valence-corrected chi connectivity index (χ3v) is 8.18. The van der Waals surface area contributed by atoms with Crippen molar-refractivity contribution in [3.8, 4) is 5.75 Å². The predicted molar refractivity (Wildman–Crippen MR) is 127 cm³/mol. The Morgan fingerprint density at radius 1 is 1.24 bits per heavy atom. The zero-order chi connectivity index (χ0) is 23.4. The van der Waals surface area contributed by atoms with E-state index in [1.165, 1.54) is 19.3 Å². The summed E-state index contributed by atoms with van der Waals surface area (Å²) in [5.74, 6) is 1.79. The number of hydrogen-bond acceptors (Lipinski definition) is 5. The second kappa shape index (κ2) is 8.41. The van der Waals surface area contributed by atoms with Gasteiger partial charge in [-0.3, -0.25) is 0 Å². The van der Waals surface area contributed by atoms with Gasteiger partial charge in [0.15, 0.2) is 12.4 Å². The van der Waals surface area contributed by atoms with Gasteiger partial charge in [0.1, 0.15) is 17.2 Å². The molecule has 2 saturated heterocycles. The van der Waals surface area contributed by atoms with Crippen LogP contribution in [-0.4, -0.2) is 60.9 Å². The van der Waals surface area contributed by atoms with Crippen LogP contribution >= 0.6 is 15.9 Å². The summed E-state index contributed by atoms with van der Waals surface area (Å²) < 4.78 is 45.0. The summed E-state index contributed by atoms with van der Waals surface area (Å²) in [5, 5.41) is 0.719. The van der Waals surface area contributed by atoms with Crippen molar-refractivity contribution in [2.75, 3.05) is 44.7 Å². The summed E-state index contributed by atoms with van der Waals surface area (Å²) in [6.45, 7) is 6.22. The maximum Gasteiger partial charge on any atom is 0.422 e. The Balaban J connectivity index is 1.63. The molecule has 2 aromatic rings. The molecular formula is C24H28BrF3N4O. The highest BCUT2D eigenvalue weighted by Crippen LogP contribution is 2.51. The van der Waals surface area contributed by atoms with Crippen molar-refractivity contribution in [1.29, 1.82) is 0 Å². The summed E-state index contributed by atoms with van der Waals surface area (Å²) in [5.41, 5.74) is 1.48. The quantitative estimate of drug-likeness (QED) is 0.496. The monoisotopic (exact) mass is 524 g/mol. The van der Waals surface area contributed by atoms with Crippen LogP contribution in [0.5, 0.6) is 5.75 Å². The van der Waals surface area contributed by atoms with Crippen LogP contribution in [0.2, 0.25) is 0 Å². The molecule has 178 valence electrons. The van der Waals surface area contributed by atoms with Gasteiger partial charge in [0, 0.05) is 29.8 Å². The number of anilines is 1. The van der Waals surface area contributed by atoms with Crippen LogP contribution in [-0.2, 0) is 0 Å². The molecule has 0 atom stereocenters. The lowest BCUT2D eigenvalue weighted by Gasteiger charge is -2.56. The summed E-state index contributed by atoms with van der Waals surface area (Å²) in [4.78, 5) is 14.4. The van der Waals surface area contributed by atoms with Crippen molar-refractivity contribution >= 4 is 38.7 Å². The highest BCUT2D eigenvalue weighted by Gasteiger charge is 2.48. The number of hydrogen-bond donors (Lipinski definition) is 0. The van der Waals surface area contributed by atoms with Crippen LogP contribution in [0.15, 0.2) is 17.1 Å². The molecule has 0 amide bonds. The number of piperidine rings is 1. The van der Waals surface area contributed by atoms with E-state index in [2.05, 4.69) is 39.4 Å². The Kier molecular flexibility index (Phi) is 5.84. The Bertz CT molecular complexity index is 1070. The molecule has 1 saturated carbocycles. The molecule has 1 aliphatic carbocycles. The molecule has 1 spiro atoms. The van der Waals surface area contributed by atoms with Crippen molar-refractivity contribution in [1.82, 2.24) is 14.9 Å². The fraction of sp³-hybridized carbons (Fsp3) is 0.583. The average Bonchev–Trinajstić information content (AvgIpc) is 2.70. The third kappa shape index (κ3) is 4.34. The second-order valence-corrected chi connectivity index (χ2v) is 10.6. The first kappa shape index (κ1) is 22.9. The fourth-order valence-corrected chi connectivity index (χ4v) is 5.84. The molecule has 3 aliphatic rings. The third-order valence-electron chi connectivity index (χ3n) is 7.36. The maximum absolute atomic E-state index is 13.1. The van der Waals surface area contributed by atoms with Gasteiger partial charge >= 0.3 is 6.18 Å². The maximum atomic E-state index is 13.1. The normalized spacial score (nSPS) is 21.2. The minimum absolute atomic E-state index is 0.108. The van der Waals surface area contributed by atoms with Gasteiger partial charge < -0.3 is 14.5 Å². The standard InChI is InChI=1S/C24H28BrF3N4O/c1-3-15-11-17-19(20(18(15)25)33-14-24(26,27)28)29-21(16-5-9-31(2)10-6-16)30-22(17)32-12-23(13-32)7-4-8-23/h3,11,16H,1,4-10,12-14H2,2H3. The van der Waals surface area contributed by atoms with Gasteiger partial charge in [0.25, 0.3) is 0 Å².